The molecule has 1 aromatic carbocycles. The standard InChI is InChI=1S/C15H17F3N4O2/c1-22-12(5-6-21-22)8-19-14(24)20-9-13(23)10-3-2-4-11(7-10)15(16,17)18/h2-7,13,23H,8-9H2,1H3,(H2,19,20,24). The Bertz CT molecular complexity index is 700. The van der Waals surface area contributed by atoms with E-state index < -0.39 is 23.9 Å². The first-order chi connectivity index (χ1) is 11.3. The number of halogens is 3. The number of aryl methyl sites for hydroxylation is 1. The van der Waals surface area contributed by atoms with Crippen LogP contribution in [0.2, 0.25) is 0 Å². The lowest BCUT2D eigenvalue weighted by Gasteiger charge is -2.15. The van der Waals surface area contributed by atoms with Crippen LogP contribution < -0.4 is 10.6 Å². The first-order valence-corrected chi connectivity index (χ1v) is 7.11. The van der Waals surface area contributed by atoms with E-state index in [1.807, 2.05) is 0 Å². The van der Waals surface area contributed by atoms with Gasteiger partial charge in [-0.2, -0.15) is 18.3 Å². The Hall–Kier alpha value is -2.55. The van der Waals surface area contributed by atoms with Crippen molar-refractivity contribution in [3.8, 4) is 0 Å². The predicted octanol–water partition coefficient (Wildman–Crippen LogP) is 1.97. The number of carbonyl (C=O) groups is 1. The van der Waals surface area contributed by atoms with Crippen molar-refractivity contribution in [2.24, 2.45) is 7.05 Å². The molecule has 0 aliphatic heterocycles. The van der Waals surface area contributed by atoms with Gasteiger partial charge in [0.1, 0.15) is 0 Å². The maximum absolute atomic E-state index is 12.6. The molecule has 1 aromatic heterocycles. The highest BCUT2D eigenvalue weighted by molar-refractivity contribution is 5.73. The molecule has 2 aromatic rings. The van der Waals surface area contributed by atoms with E-state index in [0.29, 0.717) is 0 Å². The zero-order valence-electron chi connectivity index (χ0n) is 12.8. The molecule has 130 valence electrons. The fourth-order valence-corrected chi connectivity index (χ4v) is 2.04. The first kappa shape index (κ1) is 17.8. The van der Waals surface area contributed by atoms with Crippen LogP contribution in [0.1, 0.15) is 22.9 Å². The van der Waals surface area contributed by atoms with Crippen LogP contribution in [0, 0.1) is 0 Å². The summed E-state index contributed by atoms with van der Waals surface area (Å²) in [7, 11) is 1.73. The smallest absolute Gasteiger partial charge is 0.387 e. The number of carbonyl (C=O) groups excluding carboxylic acids is 1. The second-order valence-corrected chi connectivity index (χ2v) is 5.15. The van der Waals surface area contributed by atoms with E-state index >= 15 is 0 Å². The molecule has 0 saturated heterocycles. The molecule has 2 amide bonds. The van der Waals surface area contributed by atoms with Crippen molar-refractivity contribution in [3.63, 3.8) is 0 Å². The van der Waals surface area contributed by atoms with Gasteiger partial charge in [-0.25, -0.2) is 4.79 Å². The zero-order chi connectivity index (χ0) is 17.7. The summed E-state index contributed by atoms with van der Waals surface area (Å²) in [4.78, 5) is 11.7. The molecule has 0 spiro atoms. The van der Waals surface area contributed by atoms with Crippen LogP contribution in [-0.4, -0.2) is 27.5 Å². The predicted molar refractivity (Wildman–Crippen MR) is 79.9 cm³/mol. The number of nitrogens with zero attached hydrogens (tertiary/aromatic N) is 2. The zero-order valence-corrected chi connectivity index (χ0v) is 12.8. The summed E-state index contributed by atoms with van der Waals surface area (Å²) >= 11 is 0. The Morgan fingerprint density at radius 2 is 2.08 bits per heavy atom. The minimum Gasteiger partial charge on any atom is -0.387 e. The summed E-state index contributed by atoms with van der Waals surface area (Å²) in [5, 5.41) is 18.9. The number of aromatic nitrogens is 2. The highest BCUT2D eigenvalue weighted by Crippen LogP contribution is 2.30. The molecule has 0 saturated carbocycles. The lowest BCUT2D eigenvalue weighted by atomic mass is 10.1. The third-order valence-electron chi connectivity index (χ3n) is 3.41. The van der Waals surface area contributed by atoms with Crippen LogP contribution in [-0.2, 0) is 19.8 Å². The van der Waals surface area contributed by atoms with Crippen LogP contribution in [0.15, 0.2) is 36.5 Å². The van der Waals surface area contributed by atoms with Crippen molar-refractivity contribution in [1.82, 2.24) is 20.4 Å². The van der Waals surface area contributed by atoms with Crippen LogP contribution in [0.5, 0.6) is 0 Å². The topological polar surface area (TPSA) is 79.2 Å². The second-order valence-electron chi connectivity index (χ2n) is 5.15. The molecule has 3 N–H and O–H groups in total. The number of aliphatic hydroxyl groups excluding tert-OH is 1. The van der Waals surface area contributed by atoms with Gasteiger partial charge in [0.15, 0.2) is 0 Å². The van der Waals surface area contributed by atoms with Gasteiger partial charge in [-0.3, -0.25) is 4.68 Å². The lowest BCUT2D eigenvalue weighted by Crippen LogP contribution is -2.37. The summed E-state index contributed by atoms with van der Waals surface area (Å²) in [5.41, 5.74) is 0.0139. The second kappa shape index (κ2) is 7.35. The average Bonchev–Trinajstić information content (AvgIpc) is 2.95. The van der Waals surface area contributed by atoms with E-state index in [4.69, 9.17) is 0 Å². The number of urea groups is 1. The third-order valence-corrected chi connectivity index (χ3v) is 3.41. The molecule has 9 heteroatoms. The molecular weight excluding hydrogens is 325 g/mol. The molecule has 0 radical (unpaired) electrons. The van der Waals surface area contributed by atoms with Crippen molar-refractivity contribution in [2.45, 2.75) is 18.8 Å². The molecule has 0 bridgehead atoms. The maximum Gasteiger partial charge on any atom is 0.416 e. The van der Waals surface area contributed by atoms with Crippen LogP contribution in [0.25, 0.3) is 0 Å². The number of alkyl halides is 3. The Morgan fingerprint density at radius 1 is 1.33 bits per heavy atom. The number of rotatable bonds is 5. The minimum absolute atomic E-state index is 0.0803. The molecule has 24 heavy (non-hydrogen) atoms. The molecule has 6 nitrogen and oxygen atoms in total. The number of benzene rings is 1. The molecule has 0 aliphatic rings. The van der Waals surface area contributed by atoms with Gasteiger partial charge in [0.25, 0.3) is 0 Å². The average molecular weight is 342 g/mol. The summed E-state index contributed by atoms with van der Waals surface area (Å²) in [6.07, 6.45) is -4.13. The fraction of sp³-hybridized carbons (Fsp3) is 0.333. The number of aliphatic hydroxyl groups is 1. The van der Waals surface area contributed by atoms with Crippen molar-refractivity contribution >= 4 is 6.03 Å². The van der Waals surface area contributed by atoms with Crippen LogP contribution in [0.4, 0.5) is 18.0 Å². The molecule has 1 heterocycles. The van der Waals surface area contributed by atoms with Crippen molar-refractivity contribution in [1.29, 1.82) is 0 Å². The summed E-state index contributed by atoms with van der Waals surface area (Å²) in [6, 6.07) is 5.56. The van der Waals surface area contributed by atoms with Gasteiger partial charge in [0.2, 0.25) is 0 Å². The van der Waals surface area contributed by atoms with Gasteiger partial charge < -0.3 is 15.7 Å². The largest absolute Gasteiger partial charge is 0.416 e. The van der Waals surface area contributed by atoms with Gasteiger partial charge in [-0.1, -0.05) is 12.1 Å². The first-order valence-electron chi connectivity index (χ1n) is 7.11. The Morgan fingerprint density at radius 3 is 2.71 bits per heavy atom. The van der Waals surface area contributed by atoms with Crippen LogP contribution >= 0.6 is 0 Å². The summed E-state index contributed by atoms with van der Waals surface area (Å²) in [6.45, 7) is 0.0283. The highest BCUT2D eigenvalue weighted by atomic mass is 19.4. The maximum atomic E-state index is 12.6. The normalized spacial score (nSPS) is 12.7. The SMILES string of the molecule is Cn1nccc1CNC(=O)NCC(O)c1cccc(C(F)(F)F)c1. The van der Waals surface area contributed by atoms with Gasteiger partial charge in [0.05, 0.1) is 23.9 Å². The number of hydrogen-bond acceptors (Lipinski definition) is 3. The number of nitrogens with one attached hydrogen (secondary N) is 2. The van der Waals surface area contributed by atoms with E-state index in [-0.39, 0.29) is 18.7 Å². The molecule has 1 atom stereocenters. The van der Waals surface area contributed by atoms with E-state index in [1.165, 1.54) is 12.1 Å². The fourth-order valence-electron chi connectivity index (χ4n) is 2.04. The van der Waals surface area contributed by atoms with Gasteiger partial charge in [-0.05, 0) is 23.8 Å². The van der Waals surface area contributed by atoms with E-state index in [0.717, 1.165) is 17.8 Å². The molecule has 0 aliphatic carbocycles. The van der Waals surface area contributed by atoms with Gasteiger partial charge >= 0.3 is 12.2 Å². The molecular formula is C15H17F3N4O2. The monoisotopic (exact) mass is 342 g/mol. The Labute approximate surface area is 136 Å². The van der Waals surface area contributed by atoms with Crippen LogP contribution in [0.3, 0.4) is 0 Å². The van der Waals surface area contributed by atoms with Crippen molar-refractivity contribution in [2.75, 3.05) is 6.54 Å². The third kappa shape index (κ3) is 4.72. The van der Waals surface area contributed by atoms with Crippen molar-refractivity contribution in [3.05, 3.63) is 53.3 Å². The summed E-state index contributed by atoms with van der Waals surface area (Å²) < 4.78 is 39.5. The lowest BCUT2D eigenvalue weighted by molar-refractivity contribution is -0.137. The minimum atomic E-state index is -4.48. The Kier molecular flexibility index (Phi) is 5.45. The summed E-state index contributed by atoms with van der Waals surface area (Å²) in [5.74, 6) is 0. The van der Waals surface area contributed by atoms with E-state index in [9.17, 15) is 23.1 Å². The number of amides is 2. The molecule has 1 unspecified atom stereocenters. The highest BCUT2D eigenvalue weighted by Gasteiger charge is 2.30. The van der Waals surface area contributed by atoms with E-state index in [2.05, 4.69) is 15.7 Å². The number of hydrogen-bond donors (Lipinski definition) is 3. The quantitative estimate of drug-likeness (QED) is 0.777. The van der Waals surface area contributed by atoms with Gasteiger partial charge in [-0.15, -0.1) is 0 Å². The molecule has 2 rings (SSSR count). The van der Waals surface area contributed by atoms with Gasteiger partial charge in [0, 0.05) is 19.8 Å². The van der Waals surface area contributed by atoms with E-state index in [1.54, 1.807) is 24.0 Å². The molecule has 0 fully saturated rings. The Balaban J connectivity index is 1.85. The van der Waals surface area contributed by atoms with Crippen molar-refractivity contribution < 1.29 is 23.1 Å².